The minimum absolute atomic E-state index is 0.0575. The van der Waals surface area contributed by atoms with E-state index in [9.17, 15) is 4.79 Å². The zero-order valence-electron chi connectivity index (χ0n) is 13.9. The van der Waals surface area contributed by atoms with Crippen LogP contribution in [0.1, 0.15) is 48.9 Å². The molecule has 0 saturated carbocycles. The van der Waals surface area contributed by atoms with Crippen LogP contribution >= 0.6 is 0 Å². The van der Waals surface area contributed by atoms with Crippen molar-refractivity contribution in [3.05, 3.63) is 29.6 Å². The second kappa shape index (κ2) is 7.00. The highest BCUT2D eigenvalue weighted by Crippen LogP contribution is 2.29. The quantitative estimate of drug-likeness (QED) is 0.735. The molecule has 0 radical (unpaired) electrons. The lowest BCUT2D eigenvalue weighted by molar-refractivity contribution is 0.231. The van der Waals surface area contributed by atoms with Gasteiger partial charge in [0, 0.05) is 18.3 Å². The summed E-state index contributed by atoms with van der Waals surface area (Å²) >= 11 is 0. The molecule has 0 bridgehead atoms. The third-order valence-electron chi connectivity index (χ3n) is 4.36. The summed E-state index contributed by atoms with van der Waals surface area (Å²) in [6, 6.07) is -0.538. The van der Waals surface area contributed by atoms with Crippen molar-refractivity contribution in [3.63, 3.8) is 0 Å². The third-order valence-corrected chi connectivity index (χ3v) is 4.36. The van der Waals surface area contributed by atoms with Gasteiger partial charge in [-0.25, -0.2) is 4.79 Å². The van der Waals surface area contributed by atoms with Crippen LogP contribution in [0.15, 0.2) is 12.5 Å². The van der Waals surface area contributed by atoms with Gasteiger partial charge in [0.1, 0.15) is 6.33 Å². The predicted octanol–water partition coefficient (Wildman–Crippen LogP) is 0.442. The summed E-state index contributed by atoms with van der Waals surface area (Å²) < 4.78 is 3.60. The van der Waals surface area contributed by atoms with Gasteiger partial charge in [-0.05, 0) is 26.2 Å². The number of hydrogen-bond donors (Lipinski definition) is 3. The Kier molecular flexibility index (Phi) is 4.79. The summed E-state index contributed by atoms with van der Waals surface area (Å²) in [6.07, 6.45) is 6.18. The lowest BCUT2D eigenvalue weighted by atomic mass is 9.93. The van der Waals surface area contributed by atoms with Crippen molar-refractivity contribution < 1.29 is 9.90 Å². The molecular formula is C15H23N7O2. The van der Waals surface area contributed by atoms with E-state index in [1.54, 1.807) is 17.1 Å². The third kappa shape index (κ3) is 3.25. The number of rotatable bonds is 5. The van der Waals surface area contributed by atoms with E-state index in [1.165, 1.54) is 0 Å². The number of nitrogens with one attached hydrogen (secondary N) is 2. The molecule has 0 fully saturated rings. The number of aliphatic hydroxyl groups is 1. The fourth-order valence-electron chi connectivity index (χ4n) is 3.20. The van der Waals surface area contributed by atoms with Gasteiger partial charge < -0.3 is 20.3 Å². The maximum atomic E-state index is 12.3. The number of hydrogen-bond acceptors (Lipinski definition) is 5. The second-order valence-electron chi connectivity index (χ2n) is 6.08. The minimum Gasteiger partial charge on any atom is -0.394 e. The van der Waals surface area contributed by atoms with Crippen molar-refractivity contribution in [2.45, 2.75) is 44.8 Å². The number of aromatic nitrogens is 5. The molecule has 1 aliphatic rings. The molecule has 3 rings (SSSR count). The number of urea groups is 1. The fraction of sp³-hybridized carbons (Fsp3) is 0.600. The highest BCUT2D eigenvalue weighted by atomic mass is 16.3. The van der Waals surface area contributed by atoms with Gasteiger partial charge in [-0.2, -0.15) is 5.10 Å². The number of amides is 2. The molecule has 9 nitrogen and oxygen atoms in total. The van der Waals surface area contributed by atoms with E-state index in [0.717, 1.165) is 30.5 Å². The van der Waals surface area contributed by atoms with Gasteiger partial charge in [-0.1, -0.05) is 0 Å². The Hall–Kier alpha value is -2.42. The second-order valence-corrected chi connectivity index (χ2v) is 6.08. The number of carbonyl (C=O) groups excluding carboxylic acids is 1. The SMILES string of the molecule is CC(NC(=O)NC1CCCc2c1cnn2CCO)c1nncn1C. The Morgan fingerprint density at radius 1 is 1.54 bits per heavy atom. The minimum atomic E-state index is -0.238. The molecular weight excluding hydrogens is 310 g/mol. The lowest BCUT2D eigenvalue weighted by Crippen LogP contribution is -2.40. The topological polar surface area (TPSA) is 110 Å². The molecule has 2 atom stereocenters. The number of aliphatic hydroxyl groups excluding tert-OH is 1. The Labute approximate surface area is 140 Å². The van der Waals surface area contributed by atoms with E-state index < -0.39 is 0 Å². The van der Waals surface area contributed by atoms with Gasteiger partial charge in [0.05, 0.1) is 31.4 Å². The molecule has 2 amide bonds. The zero-order chi connectivity index (χ0) is 17.1. The van der Waals surface area contributed by atoms with Gasteiger partial charge in [0.2, 0.25) is 0 Å². The average molecular weight is 333 g/mol. The smallest absolute Gasteiger partial charge is 0.315 e. The Bertz CT molecular complexity index is 708. The van der Waals surface area contributed by atoms with E-state index in [2.05, 4.69) is 25.9 Å². The maximum Gasteiger partial charge on any atom is 0.315 e. The Balaban J connectivity index is 1.65. The number of carbonyl (C=O) groups is 1. The molecule has 2 aromatic heterocycles. The molecule has 0 aliphatic heterocycles. The summed E-state index contributed by atoms with van der Waals surface area (Å²) in [5.74, 6) is 0.699. The Morgan fingerprint density at radius 2 is 2.38 bits per heavy atom. The molecule has 0 spiro atoms. The van der Waals surface area contributed by atoms with Crippen molar-refractivity contribution >= 4 is 6.03 Å². The molecule has 130 valence electrons. The van der Waals surface area contributed by atoms with Crippen molar-refractivity contribution in [3.8, 4) is 0 Å². The molecule has 0 aromatic carbocycles. The van der Waals surface area contributed by atoms with Gasteiger partial charge in [-0.3, -0.25) is 4.68 Å². The lowest BCUT2D eigenvalue weighted by Gasteiger charge is -2.25. The first-order valence-corrected chi connectivity index (χ1v) is 8.16. The standard InChI is InChI=1S/C15H23N7O2/c1-10(14-20-16-9-21(14)2)18-15(24)19-12-4-3-5-13-11(12)8-17-22(13)6-7-23/h8-10,12,23H,3-7H2,1-2H3,(H2,18,19,24). The first kappa shape index (κ1) is 16.4. The Morgan fingerprint density at radius 3 is 3.08 bits per heavy atom. The largest absolute Gasteiger partial charge is 0.394 e. The summed E-state index contributed by atoms with van der Waals surface area (Å²) in [5.41, 5.74) is 2.14. The molecule has 1 aliphatic carbocycles. The van der Waals surface area contributed by atoms with E-state index >= 15 is 0 Å². The molecule has 9 heteroatoms. The highest BCUT2D eigenvalue weighted by Gasteiger charge is 2.26. The van der Waals surface area contributed by atoms with Crippen molar-refractivity contribution in [1.82, 2.24) is 35.2 Å². The number of nitrogens with zero attached hydrogens (tertiary/aromatic N) is 5. The van der Waals surface area contributed by atoms with Gasteiger partial charge in [-0.15, -0.1) is 10.2 Å². The summed E-state index contributed by atoms with van der Waals surface area (Å²) in [5, 5.41) is 27.2. The van der Waals surface area contributed by atoms with Crippen LogP contribution < -0.4 is 10.6 Å². The van der Waals surface area contributed by atoms with Crippen molar-refractivity contribution in [1.29, 1.82) is 0 Å². The first-order chi connectivity index (χ1) is 11.6. The van der Waals surface area contributed by atoms with Crippen LogP contribution in [0.3, 0.4) is 0 Å². The monoisotopic (exact) mass is 333 g/mol. The van der Waals surface area contributed by atoms with E-state index in [4.69, 9.17) is 5.11 Å². The summed E-state index contributed by atoms with van der Waals surface area (Å²) in [7, 11) is 1.84. The van der Waals surface area contributed by atoms with E-state index in [1.807, 2.05) is 18.7 Å². The highest BCUT2D eigenvalue weighted by molar-refractivity contribution is 5.75. The van der Waals surface area contributed by atoms with Crippen LogP contribution in [0, 0.1) is 0 Å². The van der Waals surface area contributed by atoms with Gasteiger partial charge in [0.15, 0.2) is 5.82 Å². The van der Waals surface area contributed by atoms with Crippen molar-refractivity contribution in [2.24, 2.45) is 7.05 Å². The normalized spacial score (nSPS) is 18.0. The van der Waals surface area contributed by atoms with Gasteiger partial charge >= 0.3 is 6.03 Å². The first-order valence-electron chi connectivity index (χ1n) is 8.16. The van der Waals surface area contributed by atoms with Crippen LogP contribution in [0.4, 0.5) is 4.79 Å². The number of aryl methyl sites for hydroxylation is 1. The van der Waals surface area contributed by atoms with E-state index in [0.29, 0.717) is 12.4 Å². The molecule has 2 aromatic rings. The molecule has 0 saturated heterocycles. The van der Waals surface area contributed by atoms with E-state index in [-0.39, 0.29) is 24.7 Å². The molecule has 2 heterocycles. The van der Waals surface area contributed by atoms with Crippen LogP contribution in [0.25, 0.3) is 0 Å². The predicted molar refractivity (Wildman–Crippen MR) is 86.1 cm³/mol. The van der Waals surface area contributed by atoms with Gasteiger partial charge in [0.25, 0.3) is 0 Å². The van der Waals surface area contributed by atoms with Crippen LogP contribution in [-0.4, -0.2) is 42.3 Å². The van der Waals surface area contributed by atoms with Crippen molar-refractivity contribution in [2.75, 3.05) is 6.61 Å². The molecule has 2 unspecified atom stereocenters. The maximum absolute atomic E-state index is 12.3. The molecule has 24 heavy (non-hydrogen) atoms. The molecule has 3 N–H and O–H groups in total. The number of fused-ring (bicyclic) bond motifs is 1. The zero-order valence-corrected chi connectivity index (χ0v) is 13.9. The van der Waals surface area contributed by atoms with Crippen LogP contribution in [0.2, 0.25) is 0 Å². The summed E-state index contributed by atoms with van der Waals surface area (Å²) in [6.45, 7) is 2.41. The average Bonchev–Trinajstić information content (AvgIpc) is 3.15. The summed E-state index contributed by atoms with van der Waals surface area (Å²) in [4.78, 5) is 12.3. The van der Waals surface area contributed by atoms with Crippen LogP contribution in [0.5, 0.6) is 0 Å². The van der Waals surface area contributed by atoms with Crippen LogP contribution in [-0.2, 0) is 20.0 Å². The fourth-order valence-corrected chi connectivity index (χ4v) is 3.20.